The third-order valence-electron chi connectivity index (χ3n) is 12.4. The van der Waals surface area contributed by atoms with Crippen molar-refractivity contribution < 1.29 is 0 Å². The first-order valence-electron chi connectivity index (χ1n) is 21.0. The third-order valence-corrected chi connectivity index (χ3v) is 13.6. The van der Waals surface area contributed by atoms with Crippen LogP contribution in [0.25, 0.3) is 78.7 Å². The summed E-state index contributed by atoms with van der Waals surface area (Å²) in [7, 11) is 0. The molecule has 2 heterocycles. The summed E-state index contributed by atoms with van der Waals surface area (Å²) in [5.74, 6) is 1.87. The Morgan fingerprint density at radius 1 is 0.258 bits per heavy atom. The van der Waals surface area contributed by atoms with E-state index in [1.54, 1.807) is 0 Å². The van der Waals surface area contributed by atoms with Crippen LogP contribution in [0.2, 0.25) is 0 Å². The van der Waals surface area contributed by atoms with Gasteiger partial charge in [-0.3, -0.25) is 0 Å². The Labute approximate surface area is 365 Å². The van der Waals surface area contributed by atoms with Gasteiger partial charge in [0.25, 0.3) is 0 Å². The topological polar surface area (TPSA) is 38.7 Å². The van der Waals surface area contributed by atoms with Gasteiger partial charge in [-0.05, 0) is 97.1 Å². The molecule has 3 nitrogen and oxygen atoms in total. The Bertz CT molecular complexity index is 3190. The zero-order chi connectivity index (χ0) is 41.0. The zero-order valence-corrected chi connectivity index (χ0v) is 34.4. The largest absolute Gasteiger partial charge is 0.208 e. The van der Waals surface area contributed by atoms with E-state index >= 15 is 0 Å². The van der Waals surface area contributed by atoms with Gasteiger partial charge in [0.1, 0.15) is 0 Å². The number of rotatable bonds is 6. The molecule has 1 aliphatic carbocycles. The van der Waals surface area contributed by atoms with Crippen molar-refractivity contribution in [3.8, 4) is 78.7 Å². The van der Waals surface area contributed by atoms with Crippen molar-refractivity contribution in [3.63, 3.8) is 0 Å². The maximum Gasteiger partial charge on any atom is 0.164 e. The van der Waals surface area contributed by atoms with Crippen LogP contribution in [0.4, 0.5) is 0 Å². The molecular weight excluding hydrogens is 771 g/mol. The van der Waals surface area contributed by atoms with E-state index in [0.29, 0.717) is 17.5 Å². The van der Waals surface area contributed by atoms with Gasteiger partial charge < -0.3 is 0 Å². The Hall–Kier alpha value is -7.66. The van der Waals surface area contributed by atoms with Gasteiger partial charge in [-0.15, -0.1) is 0 Å². The quantitative estimate of drug-likeness (QED) is 0.168. The summed E-state index contributed by atoms with van der Waals surface area (Å²) in [4.78, 5) is 18.4. The average Bonchev–Trinajstić information content (AvgIpc) is 3.65. The van der Waals surface area contributed by atoms with E-state index in [4.69, 9.17) is 15.0 Å². The van der Waals surface area contributed by atoms with Crippen molar-refractivity contribution in [1.82, 2.24) is 15.0 Å². The fourth-order valence-electron chi connectivity index (χ4n) is 9.65. The Morgan fingerprint density at radius 2 is 0.694 bits per heavy atom. The fraction of sp³-hybridized carbons (Fsp3) is 0.0172. The van der Waals surface area contributed by atoms with Gasteiger partial charge in [0.05, 0.1) is 5.41 Å². The van der Waals surface area contributed by atoms with Crippen LogP contribution in [0.3, 0.4) is 0 Å². The number of fused-ring (bicyclic) bond motifs is 9. The molecule has 10 aromatic rings. The molecule has 1 aromatic heterocycles. The first-order chi connectivity index (χ1) is 30.7. The van der Waals surface area contributed by atoms with Gasteiger partial charge in [0.15, 0.2) is 17.5 Å². The van der Waals surface area contributed by atoms with Crippen molar-refractivity contribution >= 4 is 11.8 Å². The van der Waals surface area contributed by atoms with Gasteiger partial charge >= 0.3 is 0 Å². The first-order valence-corrected chi connectivity index (χ1v) is 21.8. The predicted molar refractivity (Wildman–Crippen MR) is 254 cm³/mol. The van der Waals surface area contributed by atoms with E-state index in [-0.39, 0.29) is 0 Å². The molecule has 0 bridgehead atoms. The molecule has 12 rings (SSSR count). The summed E-state index contributed by atoms with van der Waals surface area (Å²) in [6, 6.07) is 80.4. The molecule has 9 aromatic carbocycles. The minimum absolute atomic E-state index is 0.476. The van der Waals surface area contributed by atoms with Gasteiger partial charge in [0, 0.05) is 26.5 Å². The van der Waals surface area contributed by atoms with Crippen LogP contribution >= 0.6 is 11.8 Å². The summed E-state index contributed by atoms with van der Waals surface area (Å²) in [6.45, 7) is 0. The molecule has 0 unspecified atom stereocenters. The molecule has 0 fully saturated rings. The molecular formula is C58H37N3S. The van der Waals surface area contributed by atoms with Crippen molar-refractivity contribution in [2.24, 2.45) is 0 Å². The highest BCUT2D eigenvalue weighted by molar-refractivity contribution is 7.99. The monoisotopic (exact) mass is 807 g/mol. The molecule has 0 radical (unpaired) electrons. The normalized spacial score (nSPS) is 12.9. The van der Waals surface area contributed by atoms with E-state index in [2.05, 4.69) is 212 Å². The molecule has 0 N–H and O–H groups in total. The number of benzene rings is 9. The summed E-state index contributed by atoms with van der Waals surface area (Å²) >= 11 is 1.86. The van der Waals surface area contributed by atoms with Crippen molar-refractivity contribution in [3.05, 3.63) is 247 Å². The molecule has 0 amide bonds. The molecule has 0 saturated carbocycles. The fourth-order valence-corrected chi connectivity index (χ4v) is 10.8. The standard InChI is InChI=1S/C58H37N3S/c1-3-17-38(18-4-1)40-21-15-23-43(35-40)55-59-56(44-24-16-22-41(36-44)39-19-5-2-6-20-39)61-57(60-55)48-28-8-7-25-45(48)42-33-34-54-52(37-42)58(51-31-13-14-32-53(51)62-54)49-29-11-9-26-46(49)47-27-10-12-30-50(47)58/h1-37H. The van der Waals surface area contributed by atoms with E-state index in [0.717, 1.165) is 50.1 Å². The number of hydrogen-bond acceptors (Lipinski definition) is 4. The van der Waals surface area contributed by atoms with Gasteiger partial charge in [-0.25, -0.2) is 15.0 Å². The number of aromatic nitrogens is 3. The van der Waals surface area contributed by atoms with Crippen molar-refractivity contribution in [1.29, 1.82) is 0 Å². The second-order valence-electron chi connectivity index (χ2n) is 15.9. The molecule has 2 aliphatic rings. The van der Waals surface area contributed by atoms with Crippen LogP contribution in [-0.2, 0) is 5.41 Å². The highest BCUT2D eigenvalue weighted by Gasteiger charge is 2.50. The SMILES string of the molecule is c1ccc(-c2cccc(-c3nc(-c4cccc(-c5ccccc5)c4)nc(-c4ccccc4-c4ccc5c(c4)C4(c6ccccc6S5)c5ccccc5-c5ccccc54)n3)c2)cc1. The van der Waals surface area contributed by atoms with Crippen LogP contribution in [0, 0.1) is 0 Å². The predicted octanol–water partition coefficient (Wildman–Crippen LogP) is 14.7. The van der Waals surface area contributed by atoms with Crippen LogP contribution < -0.4 is 0 Å². The second kappa shape index (κ2) is 14.8. The zero-order valence-electron chi connectivity index (χ0n) is 33.6. The minimum Gasteiger partial charge on any atom is -0.208 e. The van der Waals surface area contributed by atoms with Crippen molar-refractivity contribution in [2.45, 2.75) is 15.2 Å². The van der Waals surface area contributed by atoms with E-state index in [1.807, 2.05) is 23.9 Å². The lowest BCUT2D eigenvalue weighted by molar-refractivity contribution is 0.723. The van der Waals surface area contributed by atoms with E-state index < -0.39 is 5.41 Å². The average molecular weight is 808 g/mol. The van der Waals surface area contributed by atoms with Gasteiger partial charge in [0.2, 0.25) is 0 Å². The summed E-state index contributed by atoms with van der Waals surface area (Å²) in [5.41, 5.74) is 16.8. The molecule has 1 aliphatic heterocycles. The third kappa shape index (κ3) is 5.87. The lowest BCUT2D eigenvalue weighted by atomic mass is 9.67. The Morgan fingerprint density at radius 3 is 1.29 bits per heavy atom. The van der Waals surface area contributed by atoms with Crippen molar-refractivity contribution in [2.75, 3.05) is 0 Å². The molecule has 1 spiro atoms. The van der Waals surface area contributed by atoms with Crippen LogP contribution in [-0.4, -0.2) is 15.0 Å². The molecule has 4 heteroatoms. The molecule has 0 saturated heterocycles. The number of nitrogens with zero attached hydrogens (tertiary/aromatic N) is 3. The molecule has 290 valence electrons. The lowest BCUT2D eigenvalue weighted by Gasteiger charge is -2.40. The van der Waals surface area contributed by atoms with Gasteiger partial charge in [-0.1, -0.05) is 206 Å². The van der Waals surface area contributed by atoms with Crippen LogP contribution in [0.15, 0.2) is 234 Å². The maximum atomic E-state index is 5.32. The second-order valence-corrected chi connectivity index (χ2v) is 17.0. The van der Waals surface area contributed by atoms with E-state index in [9.17, 15) is 0 Å². The number of hydrogen-bond donors (Lipinski definition) is 0. The first kappa shape index (κ1) is 36.2. The van der Waals surface area contributed by atoms with Gasteiger partial charge in [-0.2, -0.15) is 0 Å². The lowest BCUT2D eigenvalue weighted by Crippen LogP contribution is -2.32. The Kier molecular flexibility index (Phi) is 8.65. The Balaban J connectivity index is 1.06. The highest BCUT2D eigenvalue weighted by atomic mass is 32.2. The van der Waals surface area contributed by atoms with Crippen LogP contribution in [0.1, 0.15) is 22.3 Å². The molecule has 62 heavy (non-hydrogen) atoms. The maximum absolute atomic E-state index is 5.32. The smallest absolute Gasteiger partial charge is 0.164 e. The summed E-state index contributed by atoms with van der Waals surface area (Å²) < 4.78 is 0. The highest BCUT2D eigenvalue weighted by Crippen LogP contribution is 2.62. The summed E-state index contributed by atoms with van der Waals surface area (Å²) in [5, 5.41) is 0. The molecule has 0 atom stereocenters. The summed E-state index contributed by atoms with van der Waals surface area (Å²) in [6.07, 6.45) is 0. The van der Waals surface area contributed by atoms with Crippen LogP contribution in [0.5, 0.6) is 0 Å². The minimum atomic E-state index is -0.476. The van der Waals surface area contributed by atoms with E-state index in [1.165, 1.54) is 43.2 Å².